The van der Waals surface area contributed by atoms with Gasteiger partial charge in [-0.2, -0.15) is 18.4 Å². The van der Waals surface area contributed by atoms with Crippen LogP contribution in [0.15, 0.2) is 16.9 Å². The van der Waals surface area contributed by atoms with Crippen LogP contribution in [0.1, 0.15) is 17.2 Å². The van der Waals surface area contributed by atoms with Gasteiger partial charge in [0.15, 0.2) is 0 Å². The number of nitrogens with zero attached hydrogens (tertiary/aromatic N) is 1. The van der Waals surface area contributed by atoms with Crippen LogP contribution >= 0.6 is 0 Å². The van der Waals surface area contributed by atoms with Gasteiger partial charge in [-0.1, -0.05) is 0 Å². The van der Waals surface area contributed by atoms with Crippen LogP contribution in [0.5, 0.6) is 0 Å². The van der Waals surface area contributed by atoms with E-state index < -0.39 is 12.2 Å². The zero-order valence-corrected chi connectivity index (χ0v) is 6.30. The van der Waals surface area contributed by atoms with E-state index in [1.54, 1.807) is 6.07 Å². The highest BCUT2D eigenvalue weighted by Gasteiger charge is 2.39. The first-order chi connectivity index (χ1) is 5.96. The molecule has 70 valence electrons. The van der Waals surface area contributed by atoms with E-state index in [2.05, 4.69) is 4.42 Å². The second kappa shape index (κ2) is 3.11. The third-order valence-electron chi connectivity index (χ3n) is 1.50. The minimum atomic E-state index is -4.56. The third kappa shape index (κ3) is 1.81. The number of rotatable bonds is 1. The fraction of sp³-hybridized carbons (Fsp3) is 0.286. The maximum atomic E-state index is 12.1. The lowest BCUT2D eigenvalue weighted by Crippen LogP contribution is -2.28. The second-order valence-corrected chi connectivity index (χ2v) is 2.37. The summed E-state index contributed by atoms with van der Waals surface area (Å²) in [5, 5.41) is 8.39. The summed E-state index contributed by atoms with van der Waals surface area (Å²) in [7, 11) is 0. The molecule has 1 aromatic rings. The van der Waals surface area contributed by atoms with E-state index in [4.69, 9.17) is 11.0 Å². The Bertz CT molecular complexity index is 336. The predicted octanol–water partition coefficient (Wildman–Crippen LogP) is 1.71. The first kappa shape index (κ1) is 9.61. The summed E-state index contributed by atoms with van der Waals surface area (Å²) < 4.78 is 40.6. The van der Waals surface area contributed by atoms with Crippen LogP contribution in [-0.2, 0) is 0 Å². The largest absolute Gasteiger partial charge is 0.471 e. The lowest BCUT2D eigenvalue weighted by Gasteiger charge is -2.13. The molecule has 2 N–H and O–H groups in total. The summed E-state index contributed by atoms with van der Waals surface area (Å²) in [5.74, 6) is 0. The maximum absolute atomic E-state index is 12.1. The molecule has 1 heterocycles. The highest BCUT2D eigenvalue weighted by atomic mass is 19.4. The molecule has 0 fully saturated rings. The minimum absolute atomic E-state index is 0.190. The summed E-state index contributed by atoms with van der Waals surface area (Å²) in [4.78, 5) is 0. The number of nitriles is 1. The van der Waals surface area contributed by atoms with Gasteiger partial charge in [-0.3, -0.25) is 0 Å². The monoisotopic (exact) mass is 190 g/mol. The second-order valence-electron chi connectivity index (χ2n) is 2.37. The Morgan fingerprint density at radius 2 is 2.08 bits per heavy atom. The van der Waals surface area contributed by atoms with Crippen molar-refractivity contribution in [1.29, 1.82) is 5.26 Å². The molecule has 6 heteroatoms. The maximum Gasteiger partial charge on any atom is 0.407 e. The molecule has 0 saturated heterocycles. The van der Waals surface area contributed by atoms with Crippen LogP contribution in [0.4, 0.5) is 13.2 Å². The van der Waals surface area contributed by atoms with Crippen LogP contribution in [0, 0.1) is 11.3 Å². The van der Waals surface area contributed by atoms with Gasteiger partial charge < -0.3 is 10.2 Å². The molecule has 13 heavy (non-hydrogen) atoms. The van der Waals surface area contributed by atoms with E-state index in [-0.39, 0.29) is 11.1 Å². The zero-order valence-electron chi connectivity index (χ0n) is 6.30. The van der Waals surface area contributed by atoms with Gasteiger partial charge in [-0.25, -0.2) is 0 Å². The first-order valence-corrected chi connectivity index (χ1v) is 3.25. The number of furan rings is 1. The summed E-state index contributed by atoms with van der Waals surface area (Å²) in [6, 6.07) is -0.611. The molecular weight excluding hydrogens is 185 g/mol. The van der Waals surface area contributed by atoms with E-state index >= 15 is 0 Å². The van der Waals surface area contributed by atoms with Gasteiger partial charge in [0, 0.05) is 5.56 Å². The Morgan fingerprint density at radius 3 is 2.54 bits per heavy atom. The molecule has 0 amide bonds. The van der Waals surface area contributed by atoms with Gasteiger partial charge in [0.25, 0.3) is 0 Å². The molecule has 0 radical (unpaired) electrons. The standard InChI is InChI=1S/C7H5F3N2O/c8-7(9,10)6(12)5-3-13-2-4(5)1-11/h2-3,6H,12H2. The molecular formula is C7H5F3N2O. The van der Waals surface area contributed by atoms with Crippen molar-refractivity contribution in [2.45, 2.75) is 12.2 Å². The lowest BCUT2D eigenvalue weighted by molar-refractivity contribution is -0.149. The lowest BCUT2D eigenvalue weighted by atomic mass is 10.1. The van der Waals surface area contributed by atoms with Crippen molar-refractivity contribution in [1.82, 2.24) is 0 Å². The van der Waals surface area contributed by atoms with Crippen molar-refractivity contribution in [3.8, 4) is 6.07 Å². The molecule has 0 spiro atoms. The Hall–Kier alpha value is -1.48. The number of halogens is 3. The Kier molecular flexibility index (Phi) is 2.30. The smallest absolute Gasteiger partial charge is 0.407 e. The fourth-order valence-corrected chi connectivity index (χ4v) is 0.815. The molecule has 3 nitrogen and oxygen atoms in total. The van der Waals surface area contributed by atoms with Crippen molar-refractivity contribution in [3.05, 3.63) is 23.7 Å². The number of hydrogen-bond donors (Lipinski definition) is 1. The van der Waals surface area contributed by atoms with Crippen LogP contribution in [0.25, 0.3) is 0 Å². The Balaban J connectivity index is 3.03. The third-order valence-corrected chi connectivity index (χ3v) is 1.50. The van der Waals surface area contributed by atoms with Gasteiger partial charge in [-0.05, 0) is 0 Å². The van der Waals surface area contributed by atoms with Crippen LogP contribution in [-0.4, -0.2) is 6.18 Å². The van der Waals surface area contributed by atoms with Crippen LogP contribution < -0.4 is 5.73 Å². The van der Waals surface area contributed by atoms with Crippen LogP contribution in [0.3, 0.4) is 0 Å². The number of nitrogens with two attached hydrogens (primary N) is 1. The highest BCUT2D eigenvalue weighted by molar-refractivity contribution is 5.36. The molecule has 0 aliphatic rings. The van der Waals surface area contributed by atoms with E-state index in [1.165, 1.54) is 0 Å². The highest BCUT2D eigenvalue weighted by Crippen LogP contribution is 2.32. The molecule has 1 unspecified atom stereocenters. The normalized spacial score (nSPS) is 13.8. The molecule has 0 aliphatic heterocycles. The minimum Gasteiger partial charge on any atom is -0.471 e. The Morgan fingerprint density at radius 1 is 1.46 bits per heavy atom. The van der Waals surface area contributed by atoms with Gasteiger partial charge in [0.05, 0.1) is 11.8 Å². The van der Waals surface area contributed by atoms with E-state index in [0.29, 0.717) is 0 Å². The van der Waals surface area contributed by atoms with Crippen molar-refractivity contribution >= 4 is 0 Å². The van der Waals surface area contributed by atoms with Gasteiger partial charge in [-0.15, -0.1) is 0 Å². The van der Waals surface area contributed by atoms with E-state index in [0.717, 1.165) is 12.5 Å². The molecule has 1 rings (SSSR count). The molecule has 0 aliphatic carbocycles. The van der Waals surface area contributed by atoms with E-state index in [9.17, 15) is 13.2 Å². The van der Waals surface area contributed by atoms with Crippen molar-refractivity contribution in [2.24, 2.45) is 5.73 Å². The quantitative estimate of drug-likeness (QED) is 0.733. The van der Waals surface area contributed by atoms with Crippen molar-refractivity contribution in [3.63, 3.8) is 0 Å². The topological polar surface area (TPSA) is 63.0 Å². The van der Waals surface area contributed by atoms with Crippen molar-refractivity contribution < 1.29 is 17.6 Å². The van der Waals surface area contributed by atoms with Crippen LogP contribution in [0.2, 0.25) is 0 Å². The molecule has 1 atom stereocenters. The van der Waals surface area contributed by atoms with Gasteiger partial charge >= 0.3 is 6.18 Å². The average molecular weight is 190 g/mol. The summed E-state index contributed by atoms with van der Waals surface area (Å²) in [6.45, 7) is 0. The molecule has 1 aromatic heterocycles. The van der Waals surface area contributed by atoms with Crippen molar-refractivity contribution in [2.75, 3.05) is 0 Å². The number of alkyl halides is 3. The summed E-state index contributed by atoms with van der Waals surface area (Å²) >= 11 is 0. The summed E-state index contributed by atoms with van der Waals surface area (Å²) in [6.07, 6.45) is -2.80. The fourth-order valence-electron chi connectivity index (χ4n) is 0.815. The zero-order chi connectivity index (χ0) is 10.1. The molecule has 0 bridgehead atoms. The van der Waals surface area contributed by atoms with Gasteiger partial charge in [0.2, 0.25) is 0 Å². The van der Waals surface area contributed by atoms with Gasteiger partial charge in [0.1, 0.15) is 18.4 Å². The first-order valence-electron chi connectivity index (χ1n) is 3.25. The SMILES string of the molecule is N#Cc1cocc1C(N)C(F)(F)F. The average Bonchev–Trinajstić information content (AvgIpc) is 2.48. The molecule has 0 saturated carbocycles. The Labute approximate surface area is 71.5 Å². The predicted molar refractivity (Wildman–Crippen MR) is 36.4 cm³/mol. The number of hydrogen-bond acceptors (Lipinski definition) is 3. The summed E-state index contributed by atoms with van der Waals surface area (Å²) in [5.41, 5.74) is 4.33. The molecule has 0 aromatic carbocycles. The van der Waals surface area contributed by atoms with E-state index in [1.807, 2.05) is 0 Å².